The van der Waals surface area contributed by atoms with Crippen molar-refractivity contribution >= 4 is 0 Å². The molecule has 0 radical (unpaired) electrons. The first-order valence-electron chi connectivity index (χ1n) is 8.27. The van der Waals surface area contributed by atoms with Crippen molar-refractivity contribution in [3.8, 4) is 0 Å². The van der Waals surface area contributed by atoms with Crippen LogP contribution in [0.1, 0.15) is 52.4 Å². The van der Waals surface area contributed by atoms with Crippen molar-refractivity contribution in [1.82, 2.24) is 5.32 Å². The van der Waals surface area contributed by atoms with Crippen LogP contribution in [-0.4, -0.2) is 48.2 Å². The molecule has 3 rings (SSSR count). The maximum atomic E-state index is 9.93. The lowest BCUT2D eigenvalue weighted by atomic mass is 9.94. The van der Waals surface area contributed by atoms with Crippen LogP contribution in [0.2, 0.25) is 0 Å². The highest BCUT2D eigenvalue weighted by Crippen LogP contribution is 2.42. The number of aliphatic hydroxyl groups excluding tert-OH is 1. The van der Waals surface area contributed by atoms with Gasteiger partial charge in [-0.05, 0) is 58.3 Å². The van der Waals surface area contributed by atoms with Gasteiger partial charge in [0, 0.05) is 6.04 Å². The molecule has 4 nitrogen and oxygen atoms in total. The first-order chi connectivity index (χ1) is 9.61. The van der Waals surface area contributed by atoms with Crippen molar-refractivity contribution in [3.05, 3.63) is 0 Å². The van der Waals surface area contributed by atoms with Crippen molar-refractivity contribution in [1.29, 1.82) is 0 Å². The summed E-state index contributed by atoms with van der Waals surface area (Å²) in [6.45, 7) is 5.08. The van der Waals surface area contributed by atoms with Gasteiger partial charge >= 0.3 is 0 Å². The van der Waals surface area contributed by atoms with E-state index in [9.17, 15) is 5.11 Å². The minimum atomic E-state index is -0.189. The molecule has 1 aliphatic heterocycles. The standard InChI is InChI=1S/C16H29NO3/c1-11-7-15(8-12(2)20-11)19-10-16(9-18,13-3-4-13)17-14-5-6-14/h11-15,17-18H,3-10H2,1-2H3. The summed E-state index contributed by atoms with van der Waals surface area (Å²) >= 11 is 0. The first-order valence-corrected chi connectivity index (χ1v) is 8.27. The van der Waals surface area contributed by atoms with Gasteiger partial charge in [0.2, 0.25) is 0 Å². The van der Waals surface area contributed by atoms with Crippen molar-refractivity contribution in [2.45, 2.75) is 82.3 Å². The van der Waals surface area contributed by atoms with E-state index in [1.54, 1.807) is 0 Å². The van der Waals surface area contributed by atoms with Crippen LogP contribution in [0.5, 0.6) is 0 Å². The highest BCUT2D eigenvalue weighted by Gasteiger charge is 2.48. The summed E-state index contributed by atoms with van der Waals surface area (Å²) in [5, 5.41) is 13.6. The molecule has 2 N–H and O–H groups in total. The molecule has 116 valence electrons. The van der Waals surface area contributed by atoms with E-state index in [1.165, 1.54) is 25.7 Å². The largest absolute Gasteiger partial charge is 0.394 e. The molecule has 3 aliphatic rings. The summed E-state index contributed by atoms with van der Waals surface area (Å²) < 4.78 is 12.0. The van der Waals surface area contributed by atoms with Gasteiger partial charge in [-0.2, -0.15) is 0 Å². The van der Waals surface area contributed by atoms with Crippen LogP contribution < -0.4 is 5.32 Å². The molecule has 1 saturated heterocycles. The molecule has 20 heavy (non-hydrogen) atoms. The summed E-state index contributed by atoms with van der Waals surface area (Å²) in [5.74, 6) is 0.600. The zero-order valence-corrected chi connectivity index (χ0v) is 12.8. The van der Waals surface area contributed by atoms with E-state index in [-0.39, 0.29) is 30.5 Å². The molecule has 0 aromatic carbocycles. The van der Waals surface area contributed by atoms with Crippen LogP contribution in [0, 0.1) is 5.92 Å². The molecule has 0 bridgehead atoms. The van der Waals surface area contributed by atoms with Crippen LogP contribution in [-0.2, 0) is 9.47 Å². The highest BCUT2D eigenvalue weighted by atomic mass is 16.5. The summed E-state index contributed by atoms with van der Waals surface area (Å²) in [6.07, 6.45) is 7.74. The van der Waals surface area contributed by atoms with Gasteiger partial charge in [-0.3, -0.25) is 0 Å². The quantitative estimate of drug-likeness (QED) is 0.749. The smallest absolute Gasteiger partial charge is 0.0681 e. The lowest BCUT2D eigenvalue weighted by molar-refractivity contribution is -0.115. The molecule has 0 aromatic rings. The van der Waals surface area contributed by atoms with Gasteiger partial charge in [-0.15, -0.1) is 0 Å². The fourth-order valence-electron chi connectivity index (χ4n) is 3.51. The molecule has 4 heteroatoms. The zero-order chi connectivity index (χ0) is 14.2. The molecule has 0 amide bonds. The number of rotatable bonds is 7. The third-order valence-electron chi connectivity index (χ3n) is 4.94. The zero-order valence-electron chi connectivity index (χ0n) is 12.8. The average molecular weight is 283 g/mol. The predicted molar refractivity (Wildman–Crippen MR) is 77.7 cm³/mol. The second kappa shape index (κ2) is 5.91. The van der Waals surface area contributed by atoms with Crippen molar-refractivity contribution in [3.63, 3.8) is 0 Å². The molecule has 0 aromatic heterocycles. The molecule has 0 spiro atoms. The van der Waals surface area contributed by atoms with E-state index >= 15 is 0 Å². The van der Waals surface area contributed by atoms with Crippen LogP contribution in [0.25, 0.3) is 0 Å². The van der Waals surface area contributed by atoms with E-state index in [4.69, 9.17) is 9.47 Å². The Morgan fingerprint density at radius 3 is 2.30 bits per heavy atom. The third kappa shape index (κ3) is 3.53. The normalized spacial score (nSPS) is 37.6. The van der Waals surface area contributed by atoms with Gasteiger partial charge < -0.3 is 19.9 Å². The lowest BCUT2D eigenvalue weighted by Gasteiger charge is -2.37. The van der Waals surface area contributed by atoms with Crippen LogP contribution >= 0.6 is 0 Å². The van der Waals surface area contributed by atoms with E-state index in [0.29, 0.717) is 18.6 Å². The van der Waals surface area contributed by atoms with Crippen LogP contribution in [0.3, 0.4) is 0 Å². The van der Waals surface area contributed by atoms with Crippen LogP contribution in [0.4, 0.5) is 0 Å². The van der Waals surface area contributed by atoms with Crippen molar-refractivity contribution in [2.24, 2.45) is 5.92 Å². The molecule has 3 atom stereocenters. The third-order valence-corrected chi connectivity index (χ3v) is 4.94. The molecular formula is C16H29NO3. The van der Waals surface area contributed by atoms with E-state index in [2.05, 4.69) is 19.2 Å². The number of hydrogen-bond acceptors (Lipinski definition) is 4. The Morgan fingerprint density at radius 2 is 1.80 bits per heavy atom. The van der Waals surface area contributed by atoms with Gasteiger partial charge in [0.05, 0.1) is 37.1 Å². The predicted octanol–water partition coefficient (Wildman–Crippen LogP) is 1.85. The highest BCUT2D eigenvalue weighted by molar-refractivity contribution is 5.04. The Hall–Kier alpha value is -0.160. The molecular weight excluding hydrogens is 254 g/mol. The topological polar surface area (TPSA) is 50.7 Å². The van der Waals surface area contributed by atoms with Crippen molar-refractivity contribution in [2.75, 3.05) is 13.2 Å². The first kappa shape index (κ1) is 14.8. The fourth-order valence-corrected chi connectivity index (χ4v) is 3.51. The van der Waals surface area contributed by atoms with E-state index in [0.717, 1.165) is 12.8 Å². The van der Waals surface area contributed by atoms with E-state index in [1.807, 2.05) is 0 Å². The monoisotopic (exact) mass is 283 g/mol. The van der Waals surface area contributed by atoms with Gasteiger partial charge in [0.15, 0.2) is 0 Å². The molecule has 2 saturated carbocycles. The van der Waals surface area contributed by atoms with Gasteiger partial charge in [-0.25, -0.2) is 0 Å². The average Bonchev–Trinajstić information content (AvgIpc) is 3.25. The Bertz CT molecular complexity index is 320. The fraction of sp³-hybridized carbons (Fsp3) is 1.00. The minimum absolute atomic E-state index is 0.189. The summed E-state index contributed by atoms with van der Waals surface area (Å²) in [5.41, 5.74) is -0.189. The number of aliphatic hydroxyl groups is 1. The Balaban J connectivity index is 1.55. The number of ether oxygens (including phenoxy) is 2. The number of nitrogens with one attached hydrogen (secondary N) is 1. The number of hydrogen-bond donors (Lipinski definition) is 2. The second-order valence-electron chi connectivity index (χ2n) is 7.17. The molecule has 3 unspecified atom stereocenters. The Morgan fingerprint density at radius 1 is 1.15 bits per heavy atom. The van der Waals surface area contributed by atoms with Crippen molar-refractivity contribution < 1.29 is 14.6 Å². The molecule has 3 fully saturated rings. The van der Waals surface area contributed by atoms with Crippen LogP contribution in [0.15, 0.2) is 0 Å². The second-order valence-corrected chi connectivity index (χ2v) is 7.17. The summed E-state index contributed by atoms with van der Waals surface area (Å²) in [4.78, 5) is 0. The summed E-state index contributed by atoms with van der Waals surface area (Å²) in [7, 11) is 0. The maximum absolute atomic E-state index is 9.93. The molecule has 2 aliphatic carbocycles. The Kier molecular flexibility index (Phi) is 4.37. The minimum Gasteiger partial charge on any atom is -0.394 e. The van der Waals surface area contributed by atoms with Gasteiger partial charge in [0.25, 0.3) is 0 Å². The SMILES string of the molecule is CC1CC(OCC(CO)(NC2CC2)C2CC2)CC(C)O1. The maximum Gasteiger partial charge on any atom is 0.0681 e. The Labute approximate surface area is 122 Å². The van der Waals surface area contributed by atoms with Gasteiger partial charge in [-0.1, -0.05) is 0 Å². The van der Waals surface area contributed by atoms with Gasteiger partial charge in [0.1, 0.15) is 0 Å². The van der Waals surface area contributed by atoms with E-state index < -0.39 is 0 Å². The lowest BCUT2D eigenvalue weighted by Crippen LogP contribution is -2.56. The summed E-state index contributed by atoms with van der Waals surface area (Å²) in [6, 6.07) is 0.610. The molecule has 1 heterocycles.